The number of rotatable bonds is 6. The molecule has 0 saturated carbocycles. The van der Waals surface area contributed by atoms with Crippen LogP contribution >= 0.6 is 35.3 Å². The van der Waals surface area contributed by atoms with Crippen LogP contribution < -0.4 is 10.6 Å². The summed E-state index contributed by atoms with van der Waals surface area (Å²) < 4.78 is 2.00. The molecule has 8 heteroatoms. The highest BCUT2D eigenvalue weighted by atomic mass is 127. The van der Waals surface area contributed by atoms with E-state index in [2.05, 4.69) is 53.5 Å². The number of guanidine groups is 1. The summed E-state index contributed by atoms with van der Waals surface area (Å²) in [6.45, 7) is 9.81. The van der Waals surface area contributed by atoms with Gasteiger partial charge in [0, 0.05) is 42.7 Å². The van der Waals surface area contributed by atoms with Gasteiger partial charge in [0.05, 0.1) is 22.1 Å². The molecule has 3 rings (SSSR count). The maximum absolute atomic E-state index is 4.71. The Balaban J connectivity index is 0.00000300. The van der Waals surface area contributed by atoms with Gasteiger partial charge in [0.2, 0.25) is 0 Å². The summed E-state index contributed by atoms with van der Waals surface area (Å²) in [7, 11) is 1.79. The average Bonchev–Trinajstić information content (AvgIpc) is 3.17. The zero-order valence-electron chi connectivity index (χ0n) is 17.6. The van der Waals surface area contributed by atoms with Crippen molar-refractivity contribution < 1.29 is 0 Å². The van der Waals surface area contributed by atoms with Crippen LogP contribution in [-0.2, 0) is 13.0 Å². The summed E-state index contributed by atoms with van der Waals surface area (Å²) in [5.41, 5.74) is 5.56. The quantitative estimate of drug-likeness (QED) is 0.290. The predicted octanol–water partition coefficient (Wildman–Crippen LogP) is 4.09. The molecule has 2 aromatic heterocycles. The average molecular weight is 524 g/mol. The van der Waals surface area contributed by atoms with Crippen LogP contribution in [0, 0.1) is 27.7 Å². The number of aryl methyl sites for hydroxylation is 3. The number of para-hydroxylation sites is 1. The summed E-state index contributed by atoms with van der Waals surface area (Å²) in [4.78, 5) is 10.2. The highest BCUT2D eigenvalue weighted by Gasteiger charge is 2.13. The van der Waals surface area contributed by atoms with E-state index < -0.39 is 0 Å². The Morgan fingerprint density at radius 3 is 2.41 bits per heavy atom. The number of hydrogen-bond acceptors (Lipinski definition) is 4. The fraction of sp³-hybridized carbons (Fsp3) is 0.381. The van der Waals surface area contributed by atoms with Crippen molar-refractivity contribution in [1.82, 2.24) is 25.4 Å². The van der Waals surface area contributed by atoms with Gasteiger partial charge in [-0.3, -0.25) is 4.99 Å². The fourth-order valence-corrected chi connectivity index (χ4v) is 4.01. The van der Waals surface area contributed by atoms with E-state index in [1.807, 2.05) is 29.8 Å². The number of hydrogen-bond donors (Lipinski definition) is 2. The number of halogens is 1. The molecule has 0 unspecified atom stereocenters. The number of nitrogens with one attached hydrogen (secondary N) is 2. The Labute approximate surface area is 193 Å². The van der Waals surface area contributed by atoms with E-state index in [1.165, 1.54) is 10.4 Å². The lowest BCUT2D eigenvalue weighted by Crippen LogP contribution is -2.38. The minimum Gasteiger partial charge on any atom is -0.356 e. The van der Waals surface area contributed by atoms with Crippen LogP contribution in [0.3, 0.4) is 0 Å². The van der Waals surface area contributed by atoms with Crippen molar-refractivity contribution in [2.45, 2.75) is 40.7 Å². The Hall–Kier alpha value is -1.94. The van der Waals surface area contributed by atoms with Crippen LogP contribution in [-0.4, -0.2) is 34.3 Å². The number of aromatic nitrogens is 3. The molecule has 2 heterocycles. The number of nitrogens with zero attached hydrogens (tertiary/aromatic N) is 4. The summed E-state index contributed by atoms with van der Waals surface area (Å²) in [6.07, 6.45) is 0.893. The third kappa shape index (κ3) is 5.79. The Morgan fingerprint density at radius 2 is 1.79 bits per heavy atom. The lowest BCUT2D eigenvalue weighted by atomic mass is 10.2. The molecule has 2 N–H and O–H groups in total. The zero-order chi connectivity index (χ0) is 20.1. The molecule has 0 radical (unpaired) electrons. The van der Waals surface area contributed by atoms with Gasteiger partial charge in [0.1, 0.15) is 0 Å². The van der Waals surface area contributed by atoms with Crippen molar-refractivity contribution in [3.8, 4) is 5.69 Å². The van der Waals surface area contributed by atoms with Gasteiger partial charge in [-0.1, -0.05) is 18.2 Å². The lowest BCUT2D eigenvalue weighted by Gasteiger charge is -2.12. The van der Waals surface area contributed by atoms with Crippen LogP contribution in [0.25, 0.3) is 5.69 Å². The number of thiazole rings is 1. The second-order valence-corrected chi connectivity index (χ2v) is 8.04. The van der Waals surface area contributed by atoms with Gasteiger partial charge in [-0.15, -0.1) is 35.3 Å². The third-order valence-corrected chi connectivity index (χ3v) is 5.93. The molecule has 156 valence electrons. The topological polar surface area (TPSA) is 67.1 Å². The lowest BCUT2D eigenvalue weighted by molar-refractivity contribution is 0.785. The molecule has 0 amide bonds. The van der Waals surface area contributed by atoms with Crippen molar-refractivity contribution in [2.75, 3.05) is 13.6 Å². The maximum atomic E-state index is 4.71. The van der Waals surface area contributed by atoms with E-state index in [-0.39, 0.29) is 24.0 Å². The van der Waals surface area contributed by atoms with Gasteiger partial charge in [0.15, 0.2) is 5.96 Å². The number of aliphatic imine (C=N–C) groups is 1. The minimum atomic E-state index is 0. The van der Waals surface area contributed by atoms with Gasteiger partial charge in [-0.2, -0.15) is 5.10 Å². The van der Waals surface area contributed by atoms with Gasteiger partial charge in [-0.05, 0) is 39.8 Å². The van der Waals surface area contributed by atoms with Crippen molar-refractivity contribution in [3.05, 3.63) is 62.9 Å². The van der Waals surface area contributed by atoms with Gasteiger partial charge >= 0.3 is 0 Å². The van der Waals surface area contributed by atoms with E-state index in [0.717, 1.165) is 46.7 Å². The summed E-state index contributed by atoms with van der Waals surface area (Å²) in [6, 6.07) is 10.2. The Morgan fingerprint density at radius 1 is 1.07 bits per heavy atom. The zero-order valence-corrected chi connectivity index (χ0v) is 20.8. The first kappa shape index (κ1) is 23.3. The van der Waals surface area contributed by atoms with Gasteiger partial charge in [0.25, 0.3) is 0 Å². The molecule has 3 aromatic rings. The molecule has 0 aliphatic rings. The first-order valence-corrected chi connectivity index (χ1v) is 10.3. The second kappa shape index (κ2) is 10.7. The molecule has 0 bridgehead atoms. The van der Waals surface area contributed by atoms with Gasteiger partial charge < -0.3 is 10.6 Å². The molecular weight excluding hydrogens is 495 g/mol. The second-order valence-electron chi connectivity index (χ2n) is 6.75. The summed E-state index contributed by atoms with van der Waals surface area (Å²) in [5, 5.41) is 12.6. The normalized spacial score (nSPS) is 11.3. The van der Waals surface area contributed by atoms with Crippen LogP contribution in [0.4, 0.5) is 0 Å². The van der Waals surface area contributed by atoms with E-state index in [9.17, 15) is 0 Å². The van der Waals surface area contributed by atoms with Crippen LogP contribution in [0.15, 0.2) is 35.3 Å². The SMILES string of the molecule is CN=C(NCCc1nc(C)c(C)s1)NCc1c(C)nn(-c2ccccc2)c1C.I. The molecule has 1 aromatic carbocycles. The largest absolute Gasteiger partial charge is 0.356 e. The number of benzene rings is 1. The molecule has 29 heavy (non-hydrogen) atoms. The fourth-order valence-electron chi connectivity index (χ4n) is 3.08. The van der Waals surface area contributed by atoms with Crippen molar-refractivity contribution in [2.24, 2.45) is 4.99 Å². The first-order chi connectivity index (χ1) is 13.5. The molecule has 0 saturated heterocycles. The van der Waals surface area contributed by atoms with Crippen LogP contribution in [0.1, 0.15) is 32.5 Å². The molecule has 6 nitrogen and oxygen atoms in total. The molecular formula is C21H29IN6S. The van der Waals surface area contributed by atoms with Crippen molar-refractivity contribution >= 4 is 41.3 Å². The molecule has 0 fully saturated rings. The maximum Gasteiger partial charge on any atom is 0.191 e. The van der Waals surface area contributed by atoms with E-state index in [0.29, 0.717) is 6.54 Å². The van der Waals surface area contributed by atoms with Crippen molar-refractivity contribution in [3.63, 3.8) is 0 Å². The van der Waals surface area contributed by atoms with Gasteiger partial charge in [-0.25, -0.2) is 9.67 Å². The van der Waals surface area contributed by atoms with E-state index in [1.54, 1.807) is 18.4 Å². The monoisotopic (exact) mass is 524 g/mol. The smallest absolute Gasteiger partial charge is 0.191 e. The molecule has 0 spiro atoms. The standard InChI is InChI=1S/C21H28N6S.HI/c1-14-17(4)28-20(25-14)11-12-23-21(22-5)24-13-19-15(2)26-27(16(19)3)18-9-7-6-8-10-18;/h6-10H,11-13H2,1-5H3,(H2,22,23,24);1H. The van der Waals surface area contributed by atoms with E-state index >= 15 is 0 Å². The van der Waals surface area contributed by atoms with Crippen molar-refractivity contribution in [1.29, 1.82) is 0 Å². The summed E-state index contributed by atoms with van der Waals surface area (Å²) >= 11 is 1.77. The Bertz CT molecular complexity index is 942. The third-order valence-electron chi connectivity index (χ3n) is 4.80. The highest BCUT2D eigenvalue weighted by molar-refractivity contribution is 14.0. The Kier molecular flexibility index (Phi) is 8.63. The van der Waals surface area contributed by atoms with Crippen LogP contribution in [0.2, 0.25) is 0 Å². The highest BCUT2D eigenvalue weighted by Crippen LogP contribution is 2.18. The van der Waals surface area contributed by atoms with E-state index in [4.69, 9.17) is 5.10 Å². The molecule has 0 atom stereocenters. The minimum absolute atomic E-state index is 0. The summed E-state index contributed by atoms with van der Waals surface area (Å²) in [5.74, 6) is 0.788. The van der Waals surface area contributed by atoms with Crippen LogP contribution in [0.5, 0.6) is 0 Å². The molecule has 0 aliphatic heterocycles. The molecule has 0 aliphatic carbocycles. The first-order valence-electron chi connectivity index (χ1n) is 9.47. The predicted molar refractivity (Wildman–Crippen MR) is 132 cm³/mol.